The summed E-state index contributed by atoms with van der Waals surface area (Å²) in [7, 11) is 0. The van der Waals surface area contributed by atoms with Crippen LogP contribution in [0.25, 0.3) is 10.9 Å². The van der Waals surface area contributed by atoms with Crippen LogP contribution < -0.4 is 5.32 Å². The number of amides is 1. The van der Waals surface area contributed by atoms with Crippen molar-refractivity contribution >= 4 is 16.8 Å². The monoisotopic (exact) mass is 256 g/mol. The van der Waals surface area contributed by atoms with Crippen molar-refractivity contribution in [2.45, 2.75) is 24.9 Å². The van der Waals surface area contributed by atoms with Crippen molar-refractivity contribution in [3.63, 3.8) is 0 Å². The van der Waals surface area contributed by atoms with E-state index in [2.05, 4.69) is 15.5 Å². The third kappa shape index (κ3) is 1.81. The highest BCUT2D eigenvalue weighted by molar-refractivity contribution is 5.98. The van der Waals surface area contributed by atoms with Gasteiger partial charge >= 0.3 is 0 Å². The fourth-order valence-electron chi connectivity index (χ4n) is 3.22. The summed E-state index contributed by atoms with van der Waals surface area (Å²) in [6, 6.07) is 6.70. The molecule has 0 radical (unpaired) electrons. The fraction of sp³-hybridized carbons (Fsp3) is 0.429. The van der Waals surface area contributed by atoms with Gasteiger partial charge in [-0.2, -0.15) is 5.10 Å². The Hall–Kier alpha value is -1.88. The van der Waals surface area contributed by atoms with Gasteiger partial charge < -0.3 is 10.2 Å². The number of rotatable bonds is 1. The third-order valence-corrected chi connectivity index (χ3v) is 4.19. The SMILES string of the molecule is O=C(c1ccc2[nH]ncc2c1)N1CC2CCC(C1)N2. The predicted octanol–water partition coefficient (Wildman–Crippen LogP) is 1.14. The summed E-state index contributed by atoms with van der Waals surface area (Å²) in [4.78, 5) is 14.5. The first-order chi connectivity index (χ1) is 9.29. The molecule has 2 aromatic rings. The highest BCUT2D eigenvalue weighted by Gasteiger charge is 2.34. The number of aromatic amines is 1. The van der Waals surface area contributed by atoms with Gasteiger partial charge in [-0.25, -0.2) is 0 Å². The van der Waals surface area contributed by atoms with Crippen molar-refractivity contribution in [3.05, 3.63) is 30.0 Å². The summed E-state index contributed by atoms with van der Waals surface area (Å²) < 4.78 is 0. The van der Waals surface area contributed by atoms with Crippen LogP contribution in [-0.2, 0) is 0 Å². The van der Waals surface area contributed by atoms with E-state index in [1.807, 2.05) is 23.1 Å². The number of benzene rings is 1. The van der Waals surface area contributed by atoms with E-state index in [1.54, 1.807) is 6.20 Å². The standard InChI is InChI=1S/C14H16N4O/c19-14(18-7-11-2-3-12(8-18)16-11)9-1-4-13-10(5-9)6-15-17-13/h1,4-6,11-12,16H,2-3,7-8H2,(H,15,17). The van der Waals surface area contributed by atoms with Crippen molar-refractivity contribution < 1.29 is 4.79 Å². The molecule has 5 heteroatoms. The average molecular weight is 256 g/mol. The predicted molar refractivity (Wildman–Crippen MR) is 71.9 cm³/mol. The van der Waals surface area contributed by atoms with E-state index in [9.17, 15) is 4.79 Å². The Kier molecular flexibility index (Phi) is 2.35. The van der Waals surface area contributed by atoms with E-state index in [0.717, 1.165) is 29.6 Å². The number of hydrogen-bond acceptors (Lipinski definition) is 3. The normalized spacial score (nSPS) is 26.0. The van der Waals surface area contributed by atoms with Crippen LogP contribution in [0.2, 0.25) is 0 Å². The molecule has 4 rings (SSSR count). The molecule has 0 spiro atoms. The molecule has 0 aliphatic carbocycles. The average Bonchev–Trinajstić information content (AvgIpc) is 3.03. The lowest BCUT2D eigenvalue weighted by Gasteiger charge is -2.33. The summed E-state index contributed by atoms with van der Waals surface area (Å²) in [5.41, 5.74) is 1.73. The van der Waals surface area contributed by atoms with Gasteiger partial charge in [-0.15, -0.1) is 0 Å². The highest BCUT2D eigenvalue weighted by atomic mass is 16.2. The van der Waals surface area contributed by atoms with E-state index in [0.29, 0.717) is 12.1 Å². The number of carbonyl (C=O) groups excluding carboxylic acids is 1. The second-order valence-corrected chi connectivity index (χ2v) is 5.52. The van der Waals surface area contributed by atoms with Crippen molar-refractivity contribution in [1.29, 1.82) is 0 Å². The molecule has 2 N–H and O–H groups in total. The van der Waals surface area contributed by atoms with Gasteiger partial charge in [0.1, 0.15) is 0 Å². The number of likely N-dealkylation sites (tertiary alicyclic amines) is 1. The fourth-order valence-corrected chi connectivity index (χ4v) is 3.22. The van der Waals surface area contributed by atoms with Crippen LogP contribution in [0.1, 0.15) is 23.2 Å². The lowest BCUT2D eigenvalue weighted by molar-refractivity contribution is 0.0697. The van der Waals surface area contributed by atoms with E-state index in [4.69, 9.17) is 0 Å². The molecule has 2 aliphatic rings. The molecule has 2 saturated heterocycles. The Bertz CT molecular complexity index is 623. The summed E-state index contributed by atoms with van der Waals surface area (Å²) in [5.74, 6) is 0.140. The minimum absolute atomic E-state index is 0.140. The maximum Gasteiger partial charge on any atom is 0.253 e. The van der Waals surface area contributed by atoms with Crippen LogP contribution in [0.5, 0.6) is 0 Å². The Morgan fingerprint density at radius 1 is 1.26 bits per heavy atom. The van der Waals surface area contributed by atoms with Crippen LogP contribution in [0.15, 0.2) is 24.4 Å². The number of aromatic nitrogens is 2. The second kappa shape index (κ2) is 4.06. The third-order valence-electron chi connectivity index (χ3n) is 4.19. The molecular weight excluding hydrogens is 240 g/mol. The van der Waals surface area contributed by atoms with Gasteiger partial charge in [0, 0.05) is 36.1 Å². The van der Waals surface area contributed by atoms with Crippen LogP contribution in [0.3, 0.4) is 0 Å². The van der Waals surface area contributed by atoms with Crippen LogP contribution in [0, 0.1) is 0 Å². The molecular formula is C14H16N4O. The Labute approximate surface area is 111 Å². The van der Waals surface area contributed by atoms with Gasteiger partial charge in [0.2, 0.25) is 0 Å². The maximum atomic E-state index is 12.6. The first kappa shape index (κ1) is 11.0. The highest BCUT2D eigenvalue weighted by Crippen LogP contribution is 2.22. The smallest absolute Gasteiger partial charge is 0.253 e. The van der Waals surface area contributed by atoms with E-state index in [1.165, 1.54) is 12.8 Å². The van der Waals surface area contributed by atoms with Crippen LogP contribution in [-0.4, -0.2) is 46.2 Å². The van der Waals surface area contributed by atoms with Gasteiger partial charge in [0.05, 0.1) is 11.7 Å². The zero-order chi connectivity index (χ0) is 12.8. The van der Waals surface area contributed by atoms with Gasteiger partial charge in [0.25, 0.3) is 5.91 Å². The molecule has 2 aliphatic heterocycles. The molecule has 19 heavy (non-hydrogen) atoms. The zero-order valence-corrected chi connectivity index (χ0v) is 10.6. The summed E-state index contributed by atoms with van der Waals surface area (Å²) in [6.07, 6.45) is 4.14. The molecule has 5 nitrogen and oxygen atoms in total. The minimum Gasteiger partial charge on any atom is -0.336 e. The number of fused-ring (bicyclic) bond motifs is 3. The van der Waals surface area contributed by atoms with Gasteiger partial charge in [-0.05, 0) is 31.0 Å². The minimum atomic E-state index is 0.140. The maximum absolute atomic E-state index is 12.6. The lowest BCUT2D eigenvalue weighted by Crippen LogP contribution is -2.53. The first-order valence-electron chi connectivity index (χ1n) is 6.78. The number of piperazine rings is 1. The molecule has 3 heterocycles. The quantitative estimate of drug-likeness (QED) is 0.804. The number of carbonyl (C=O) groups is 1. The molecule has 1 amide bonds. The van der Waals surface area contributed by atoms with Gasteiger partial charge in [-0.3, -0.25) is 9.89 Å². The van der Waals surface area contributed by atoms with Crippen LogP contribution >= 0.6 is 0 Å². The largest absolute Gasteiger partial charge is 0.336 e. The van der Waals surface area contributed by atoms with Crippen molar-refractivity contribution in [2.24, 2.45) is 0 Å². The Morgan fingerprint density at radius 2 is 2.05 bits per heavy atom. The summed E-state index contributed by atoms with van der Waals surface area (Å²) >= 11 is 0. The molecule has 2 unspecified atom stereocenters. The van der Waals surface area contributed by atoms with Gasteiger partial charge in [-0.1, -0.05) is 0 Å². The molecule has 2 fully saturated rings. The molecule has 0 saturated carbocycles. The molecule has 1 aromatic carbocycles. The first-order valence-corrected chi connectivity index (χ1v) is 6.78. The molecule has 1 aromatic heterocycles. The molecule has 2 bridgehead atoms. The molecule has 2 atom stereocenters. The van der Waals surface area contributed by atoms with Crippen molar-refractivity contribution in [3.8, 4) is 0 Å². The topological polar surface area (TPSA) is 61.0 Å². The van der Waals surface area contributed by atoms with E-state index >= 15 is 0 Å². The number of nitrogens with one attached hydrogen (secondary N) is 2. The van der Waals surface area contributed by atoms with Gasteiger partial charge in [0.15, 0.2) is 0 Å². The summed E-state index contributed by atoms with van der Waals surface area (Å²) in [6.45, 7) is 1.66. The Balaban J connectivity index is 1.62. The number of hydrogen-bond donors (Lipinski definition) is 2. The van der Waals surface area contributed by atoms with Crippen LogP contribution in [0.4, 0.5) is 0 Å². The van der Waals surface area contributed by atoms with Crippen molar-refractivity contribution in [2.75, 3.05) is 13.1 Å². The number of nitrogens with zero attached hydrogens (tertiary/aromatic N) is 2. The Morgan fingerprint density at radius 3 is 2.84 bits per heavy atom. The summed E-state index contributed by atoms with van der Waals surface area (Å²) in [5, 5.41) is 11.4. The number of H-pyrrole nitrogens is 1. The lowest BCUT2D eigenvalue weighted by atomic mass is 10.1. The van der Waals surface area contributed by atoms with E-state index < -0.39 is 0 Å². The second-order valence-electron chi connectivity index (χ2n) is 5.52. The molecule has 98 valence electrons. The van der Waals surface area contributed by atoms with Crippen molar-refractivity contribution in [1.82, 2.24) is 20.4 Å². The zero-order valence-electron chi connectivity index (χ0n) is 10.6. The van der Waals surface area contributed by atoms with E-state index in [-0.39, 0.29) is 5.91 Å².